The molecule has 1 aromatic carbocycles. The highest BCUT2D eigenvalue weighted by Gasteiger charge is 2.21. The Bertz CT molecular complexity index is 477. The Balaban J connectivity index is 1.81. The minimum atomic E-state index is 0.108. The molecule has 0 spiro atoms. The molecule has 1 aliphatic heterocycles. The zero-order chi connectivity index (χ0) is 14.5. The van der Waals surface area contributed by atoms with E-state index >= 15 is 0 Å². The van der Waals surface area contributed by atoms with E-state index in [1.54, 1.807) is 4.90 Å². The van der Waals surface area contributed by atoms with Crippen molar-refractivity contribution in [2.24, 2.45) is 0 Å². The molecule has 20 heavy (non-hydrogen) atoms. The van der Waals surface area contributed by atoms with Crippen LogP contribution >= 0.6 is 15.9 Å². The first kappa shape index (κ1) is 15.2. The van der Waals surface area contributed by atoms with Crippen LogP contribution < -0.4 is 0 Å². The van der Waals surface area contributed by atoms with Crippen LogP contribution in [0, 0.1) is 0 Å². The Kier molecular flexibility index (Phi) is 5.31. The third-order valence-electron chi connectivity index (χ3n) is 3.44. The van der Waals surface area contributed by atoms with E-state index in [4.69, 9.17) is 0 Å². The molecule has 1 aromatic rings. The number of likely N-dealkylation sites (N-methyl/N-ethyl adjacent to an activating group) is 1. The van der Waals surface area contributed by atoms with E-state index in [1.165, 1.54) is 5.56 Å². The maximum absolute atomic E-state index is 12.1. The lowest BCUT2D eigenvalue weighted by atomic mass is 10.1. The number of benzene rings is 1. The van der Waals surface area contributed by atoms with Crippen LogP contribution in [-0.2, 0) is 16.1 Å². The number of hydrogen-bond acceptors (Lipinski definition) is 3. The van der Waals surface area contributed by atoms with E-state index < -0.39 is 0 Å². The Morgan fingerprint density at radius 1 is 1.25 bits per heavy atom. The average molecular weight is 339 g/mol. The summed E-state index contributed by atoms with van der Waals surface area (Å²) in [7, 11) is 1.94. The molecule has 0 unspecified atom stereocenters. The molecule has 1 saturated heterocycles. The summed E-state index contributed by atoms with van der Waals surface area (Å²) in [5.74, 6) is 0.370. The molecule has 0 bridgehead atoms. The standard InChI is InChI=1S/C15H19BrN2O2/c1-17(10-12-2-4-13(16)5-3-12)11-15(20)18-8-6-14(19)7-9-18/h2-5H,6-11H2,1H3. The van der Waals surface area contributed by atoms with Gasteiger partial charge in [0.2, 0.25) is 5.91 Å². The third-order valence-corrected chi connectivity index (χ3v) is 3.97. The van der Waals surface area contributed by atoms with Crippen molar-refractivity contribution in [1.82, 2.24) is 9.80 Å². The molecule has 2 rings (SSSR count). The number of halogens is 1. The largest absolute Gasteiger partial charge is 0.341 e. The normalized spacial score (nSPS) is 15.8. The quantitative estimate of drug-likeness (QED) is 0.843. The average Bonchev–Trinajstić information content (AvgIpc) is 2.42. The van der Waals surface area contributed by atoms with Gasteiger partial charge in [-0.1, -0.05) is 28.1 Å². The van der Waals surface area contributed by atoms with Crippen LogP contribution in [0.25, 0.3) is 0 Å². The zero-order valence-corrected chi connectivity index (χ0v) is 13.2. The minimum absolute atomic E-state index is 0.108. The van der Waals surface area contributed by atoms with Gasteiger partial charge in [0.25, 0.3) is 0 Å². The van der Waals surface area contributed by atoms with Gasteiger partial charge < -0.3 is 4.90 Å². The molecule has 1 heterocycles. The second-order valence-electron chi connectivity index (χ2n) is 5.22. The van der Waals surface area contributed by atoms with Crippen molar-refractivity contribution >= 4 is 27.6 Å². The van der Waals surface area contributed by atoms with Crippen molar-refractivity contribution < 1.29 is 9.59 Å². The maximum Gasteiger partial charge on any atom is 0.236 e. The highest BCUT2D eigenvalue weighted by atomic mass is 79.9. The first-order valence-corrected chi connectivity index (χ1v) is 7.56. The zero-order valence-electron chi connectivity index (χ0n) is 11.6. The second-order valence-corrected chi connectivity index (χ2v) is 6.13. The van der Waals surface area contributed by atoms with Gasteiger partial charge in [-0.2, -0.15) is 0 Å². The van der Waals surface area contributed by atoms with E-state index in [-0.39, 0.29) is 11.7 Å². The summed E-state index contributed by atoms with van der Waals surface area (Å²) in [6.07, 6.45) is 1.00. The summed E-state index contributed by atoms with van der Waals surface area (Å²) < 4.78 is 1.05. The van der Waals surface area contributed by atoms with Crippen molar-refractivity contribution in [3.63, 3.8) is 0 Å². The summed E-state index contributed by atoms with van der Waals surface area (Å²) in [6.45, 7) is 2.28. The van der Waals surface area contributed by atoms with Gasteiger partial charge in [-0.15, -0.1) is 0 Å². The van der Waals surface area contributed by atoms with Gasteiger partial charge in [0.15, 0.2) is 0 Å². The lowest BCUT2D eigenvalue weighted by molar-refractivity contribution is -0.135. The first-order valence-electron chi connectivity index (χ1n) is 6.77. The van der Waals surface area contributed by atoms with Gasteiger partial charge in [0.05, 0.1) is 6.54 Å². The summed E-state index contributed by atoms with van der Waals surface area (Å²) in [5.41, 5.74) is 1.18. The van der Waals surface area contributed by atoms with Crippen LogP contribution in [0.15, 0.2) is 28.7 Å². The van der Waals surface area contributed by atoms with Crippen molar-refractivity contribution in [2.75, 3.05) is 26.7 Å². The molecule has 1 fully saturated rings. The molecule has 4 nitrogen and oxygen atoms in total. The number of carbonyl (C=O) groups is 2. The fraction of sp³-hybridized carbons (Fsp3) is 0.467. The van der Waals surface area contributed by atoms with Crippen LogP contribution in [0.2, 0.25) is 0 Å². The minimum Gasteiger partial charge on any atom is -0.341 e. The van der Waals surface area contributed by atoms with Crippen molar-refractivity contribution in [1.29, 1.82) is 0 Å². The van der Waals surface area contributed by atoms with Gasteiger partial charge in [-0.3, -0.25) is 14.5 Å². The van der Waals surface area contributed by atoms with Gasteiger partial charge in [0, 0.05) is 36.9 Å². The molecule has 0 radical (unpaired) electrons. The second kappa shape index (κ2) is 6.99. The summed E-state index contributed by atoms with van der Waals surface area (Å²) >= 11 is 3.41. The summed E-state index contributed by atoms with van der Waals surface area (Å²) in [5, 5.41) is 0. The monoisotopic (exact) mass is 338 g/mol. The van der Waals surface area contributed by atoms with Crippen LogP contribution in [0.4, 0.5) is 0 Å². The molecule has 0 saturated carbocycles. The van der Waals surface area contributed by atoms with Crippen molar-refractivity contribution in [3.05, 3.63) is 34.3 Å². The van der Waals surface area contributed by atoms with Gasteiger partial charge >= 0.3 is 0 Å². The molecule has 0 atom stereocenters. The SMILES string of the molecule is CN(CC(=O)N1CCC(=O)CC1)Cc1ccc(Br)cc1. The maximum atomic E-state index is 12.1. The summed E-state index contributed by atoms with van der Waals surface area (Å²) in [4.78, 5) is 27.1. The number of nitrogens with zero attached hydrogens (tertiary/aromatic N) is 2. The predicted octanol–water partition coefficient (Wildman–Crippen LogP) is 2.07. The van der Waals surface area contributed by atoms with Crippen LogP contribution in [0.3, 0.4) is 0 Å². The number of rotatable bonds is 4. The number of amides is 1. The first-order chi connectivity index (χ1) is 9.54. The number of hydrogen-bond donors (Lipinski definition) is 0. The van der Waals surface area contributed by atoms with Gasteiger partial charge in [-0.05, 0) is 24.7 Å². The Morgan fingerprint density at radius 3 is 2.45 bits per heavy atom. The van der Waals surface area contributed by atoms with E-state index in [2.05, 4.69) is 15.9 Å². The lowest BCUT2D eigenvalue weighted by Gasteiger charge is -2.28. The third kappa shape index (κ3) is 4.42. The number of piperidine rings is 1. The van der Waals surface area contributed by atoms with E-state index in [0.29, 0.717) is 32.5 Å². The molecule has 0 aliphatic carbocycles. The molecule has 1 aliphatic rings. The number of likely N-dealkylation sites (tertiary alicyclic amines) is 1. The van der Waals surface area contributed by atoms with Crippen LogP contribution in [0.1, 0.15) is 18.4 Å². The predicted molar refractivity (Wildman–Crippen MR) is 81.3 cm³/mol. The van der Waals surface area contributed by atoms with E-state index in [1.807, 2.05) is 36.2 Å². The molecule has 0 aromatic heterocycles. The fourth-order valence-electron chi connectivity index (χ4n) is 2.29. The van der Waals surface area contributed by atoms with Gasteiger partial charge in [0.1, 0.15) is 5.78 Å². The van der Waals surface area contributed by atoms with E-state index in [0.717, 1.165) is 11.0 Å². The highest BCUT2D eigenvalue weighted by Crippen LogP contribution is 2.12. The number of Topliss-reactive ketones (excluding diaryl/α,β-unsaturated/α-hetero) is 1. The van der Waals surface area contributed by atoms with Crippen LogP contribution in [0.5, 0.6) is 0 Å². The molecular weight excluding hydrogens is 320 g/mol. The lowest BCUT2D eigenvalue weighted by Crippen LogP contribution is -2.43. The highest BCUT2D eigenvalue weighted by molar-refractivity contribution is 9.10. The van der Waals surface area contributed by atoms with Gasteiger partial charge in [-0.25, -0.2) is 0 Å². The Labute approximate surface area is 127 Å². The smallest absolute Gasteiger partial charge is 0.236 e. The molecule has 1 amide bonds. The van der Waals surface area contributed by atoms with Crippen molar-refractivity contribution in [3.8, 4) is 0 Å². The molecule has 5 heteroatoms. The molecule has 108 valence electrons. The fourth-order valence-corrected chi connectivity index (χ4v) is 2.56. The van der Waals surface area contributed by atoms with E-state index in [9.17, 15) is 9.59 Å². The Hall–Kier alpha value is -1.20. The molecule has 0 N–H and O–H groups in total. The topological polar surface area (TPSA) is 40.6 Å². The summed E-state index contributed by atoms with van der Waals surface area (Å²) in [6, 6.07) is 8.09. The van der Waals surface area contributed by atoms with Crippen LogP contribution in [-0.4, -0.2) is 48.2 Å². The molecular formula is C15H19BrN2O2. The van der Waals surface area contributed by atoms with Crippen molar-refractivity contribution in [2.45, 2.75) is 19.4 Å². The number of ketones is 1. The Morgan fingerprint density at radius 2 is 1.85 bits per heavy atom. The number of carbonyl (C=O) groups excluding carboxylic acids is 2.